The lowest BCUT2D eigenvalue weighted by Gasteiger charge is -2.05. The fourth-order valence-electron chi connectivity index (χ4n) is 2.68. The van der Waals surface area contributed by atoms with Crippen LogP contribution < -0.4 is 11.1 Å². The Hall–Kier alpha value is -3.95. The largest absolute Gasteiger partial charge is 0.465 e. The summed E-state index contributed by atoms with van der Waals surface area (Å²) in [6.07, 6.45) is 0.489. The average Bonchev–Trinajstić information content (AvgIpc) is 3.31. The SMILES string of the molecule is Nc1nc(-c2ccco2)c2nnn(Cc3ccc(CNC(=O)O)cc3)c2n1. The molecule has 10 heteroatoms. The number of fused-ring (bicyclic) bond motifs is 1. The summed E-state index contributed by atoms with van der Waals surface area (Å²) in [4.78, 5) is 19.0. The minimum Gasteiger partial charge on any atom is -0.465 e. The van der Waals surface area contributed by atoms with Gasteiger partial charge in [0.25, 0.3) is 0 Å². The Morgan fingerprint density at radius 3 is 2.67 bits per heavy atom. The third-order valence-electron chi connectivity index (χ3n) is 3.93. The molecule has 4 aromatic rings. The first kappa shape index (κ1) is 16.5. The quantitative estimate of drug-likeness (QED) is 0.486. The third-order valence-corrected chi connectivity index (χ3v) is 3.93. The molecule has 4 N–H and O–H groups in total. The van der Waals surface area contributed by atoms with Crippen molar-refractivity contribution in [3.8, 4) is 11.5 Å². The van der Waals surface area contributed by atoms with Gasteiger partial charge in [0.2, 0.25) is 5.95 Å². The van der Waals surface area contributed by atoms with Gasteiger partial charge in [-0.1, -0.05) is 29.5 Å². The van der Waals surface area contributed by atoms with Gasteiger partial charge >= 0.3 is 6.09 Å². The van der Waals surface area contributed by atoms with E-state index in [0.717, 1.165) is 11.1 Å². The van der Waals surface area contributed by atoms with E-state index in [1.165, 1.54) is 0 Å². The fraction of sp³-hybridized carbons (Fsp3) is 0.118. The highest BCUT2D eigenvalue weighted by Crippen LogP contribution is 2.25. The van der Waals surface area contributed by atoms with E-state index in [1.807, 2.05) is 24.3 Å². The predicted octanol–water partition coefficient (Wildman–Crippen LogP) is 1.88. The van der Waals surface area contributed by atoms with Crippen molar-refractivity contribution >= 4 is 23.2 Å². The number of nitrogens with one attached hydrogen (secondary N) is 1. The highest BCUT2D eigenvalue weighted by Gasteiger charge is 2.17. The molecule has 27 heavy (non-hydrogen) atoms. The van der Waals surface area contributed by atoms with Crippen LogP contribution in [0.3, 0.4) is 0 Å². The highest BCUT2D eigenvalue weighted by molar-refractivity contribution is 5.85. The molecule has 0 bridgehead atoms. The molecule has 0 saturated heterocycles. The summed E-state index contributed by atoms with van der Waals surface area (Å²) >= 11 is 0. The molecule has 4 rings (SSSR count). The molecular formula is C17H15N7O3. The van der Waals surface area contributed by atoms with Gasteiger partial charge in [-0.3, -0.25) is 0 Å². The van der Waals surface area contributed by atoms with Crippen LogP contribution in [0.25, 0.3) is 22.6 Å². The summed E-state index contributed by atoms with van der Waals surface area (Å²) in [6.45, 7) is 0.676. The molecule has 0 fully saturated rings. The monoisotopic (exact) mass is 365 g/mol. The minimum atomic E-state index is -1.06. The van der Waals surface area contributed by atoms with E-state index in [-0.39, 0.29) is 12.5 Å². The summed E-state index contributed by atoms with van der Waals surface area (Å²) in [5.74, 6) is 0.643. The molecule has 3 heterocycles. The van der Waals surface area contributed by atoms with Crippen molar-refractivity contribution in [2.45, 2.75) is 13.1 Å². The van der Waals surface area contributed by atoms with Crippen molar-refractivity contribution in [3.63, 3.8) is 0 Å². The molecule has 0 aliphatic carbocycles. The average molecular weight is 365 g/mol. The standard InChI is InChI=1S/C17H15N7O3/c18-16-20-13(12-2-1-7-27-12)14-15(21-16)24(23-22-14)9-11-5-3-10(4-6-11)8-19-17(25)26/h1-7,19H,8-9H2,(H,25,26)(H2,18,20,21). The van der Waals surface area contributed by atoms with Crippen LogP contribution in [-0.2, 0) is 13.1 Å². The Labute approximate surface area is 152 Å². The van der Waals surface area contributed by atoms with Gasteiger partial charge in [-0.25, -0.2) is 14.5 Å². The molecule has 0 saturated carbocycles. The lowest BCUT2D eigenvalue weighted by molar-refractivity contribution is 0.194. The zero-order valence-electron chi connectivity index (χ0n) is 14.0. The van der Waals surface area contributed by atoms with Crippen molar-refractivity contribution in [2.24, 2.45) is 0 Å². The molecule has 0 spiro atoms. The van der Waals surface area contributed by atoms with Gasteiger partial charge in [0.05, 0.1) is 12.8 Å². The number of furan rings is 1. The maximum Gasteiger partial charge on any atom is 0.404 e. The van der Waals surface area contributed by atoms with E-state index < -0.39 is 6.09 Å². The zero-order valence-corrected chi connectivity index (χ0v) is 14.0. The Kier molecular flexibility index (Phi) is 4.13. The second kappa shape index (κ2) is 6.75. The lowest BCUT2D eigenvalue weighted by atomic mass is 10.1. The van der Waals surface area contributed by atoms with Crippen LogP contribution in [0, 0.1) is 0 Å². The summed E-state index contributed by atoms with van der Waals surface area (Å²) in [5.41, 5.74) is 9.15. The smallest absolute Gasteiger partial charge is 0.404 e. The number of carboxylic acid groups (broad SMARTS) is 1. The second-order valence-corrected chi connectivity index (χ2v) is 5.80. The van der Waals surface area contributed by atoms with Gasteiger partial charge in [-0.2, -0.15) is 4.98 Å². The minimum absolute atomic E-state index is 0.104. The summed E-state index contributed by atoms with van der Waals surface area (Å²) in [5, 5.41) is 19.3. The summed E-state index contributed by atoms with van der Waals surface area (Å²) in [7, 11) is 0. The molecule has 3 aromatic heterocycles. The predicted molar refractivity (Wildman–Crippen MR) is 95.6 cm³/mol. The van der Waals surface area contributed by atoms with Crippen LogP contribution in [0.15, 0.2) is 47.1 Å². The third kappa shape index (κ3) is 3.40. The van der Waals surface area contributed by atoms with Crippen LogP contribution >= 0.6 is 0 Å². The number of anilines is 1. The van der Waals surface area contributed by atoms with Crippen molar-refractivity contribution < 1.29 is 14.3 Å². The first-order valence-electron chi connectivity index (χ1n) is 8.05. The number of nitrogens with zero attached hydrogens (tertiary/aromatic N) is 5. The number of carbonyl (C=O) groups is 1. The van der Waals surface area contributed by atoms with E-state index in [2.05, 4.69) is 25.6 Å². The highest BCUT2D eigenvalue weighted by atomic mass is 16.4. The molecule has 136 valence electrons. The van der Waals surface area contributed by atoms with Crippen LogP contribution in [0.1, 0.15) is 11.1 Å². The van der Waals surface area contributed by atoms with Gasteiger partial charge in [-0.15, -0.1) is 5.10 Å². The topological polar surface area (TPSA) is 145 Å². The number of hydrogen-bond donors (Lipinski definition) is 3. The molecule has 0 aliphatic rings. The summed E-state index contributed by atoms with van der Waals surface area (Å²) < 4.78 is 7.02. The molecule has 0 radical (unpaired) electrons. The second-order valence-electron chi connectivity index (χ2n) is 5.80. The first-order valence-corrected chi connectivity index (χ1v) is 8.05. The van der Waals surface area contributed by atoms with Crippen molar-refractivity contribution in [1.82, 2.24) is 30.3 Å². The normalized spacial score (nSPS) is 11.0. The van der Waals surface area contributed by atoms with Gasteiger partial charge in [0, 0.05) is 6.54 Å². The van der Waals surface area contributed by atoms with Crippen LogP contribution in [0.2, 0.25) is 0 Å². The summed E-state index contributed by atoms with van der Waals surface area (Å²) in [6, 6.07) is 11.0. The number of amides is 1. The van der Waals surface area contributed by atoms with Crippen molar-refractivity contribution in [2.75, 3.05) is 5.73 Å². The van der Waals surface area contributed by atoms with Crippen LogP contribution in [0.4, 0.5) is 10.7 Å². The van der Waals surface area contributed by atoms with Gasteiger partial charge in [0.1, 0.15) is 5.69 Å². The first-order chi connectivity index (χ1) is 13.1. The molecule has 0 aliphatic heterocycles. The number of rotatable bonds is 5. The number of nitrogen functional groups attached to an aromatic ring is 1. The van der Waals surface area contributed by atoms with E-state index >= 15 is 0 Å². The van der Waals surface area contributed by atoms with Crippen molar-refractivity contribution in [3.05, 3.63) is 53.8 Å². The number of aromatic nitrogens is 5. The van der Waals surface area contributed by atoms with Gasteiger partial charge in [0.15, 0.2) is 16.9 Å². The molecule has 0 unspecified atom stereocenters. The maximum absolute atomic E-state index is 10.6. The van der Waals surface area contributed by atoms with Gasteiger partial charge in [-0.05, 0) is 23.3 Å². The Morgan fingerprint density at radius 1 is 1.19 bits per heavy atom. The van der Waals surface area contributed by atoms with E-state index in [9.17, 15) is 4.79 Å². The van der Waals surface area contributed by atoms with Crippen LogP contribution in [0.5, 0.6) is 0 Å². The number of hydrogen-bond acceptors (Lipinski definition) is 7. The zero-order chi connectivity index (χ0) is 18.8. The molecule has 1 aromatic carbocycles. The Balaban J connectivity index is 1.62. The van der Waals surface area contributed by atoms with E-state index in [4.69, 9.17) is 15.3 Å². The van der Waals surface area contributed by atoms with E-state index in [1.54, 1.807) is 23.1 Å². The Bertz CT molecular complexity index is 1090. The van der Waals surface area contributed by atoms with E-state index in [0.29, 0.717) is 29.2 Å². The molecular weight excluding hydrogens is 350 g/mol. The number of nitrogens with two attached hydrogens (primary N) is 1. The molecule has 1 amide bonds. The number of benzene rings is 1. The van der Waals surface area contributed by atoms with Crippen molar-refractivity contribution in [1.29, 1.82) is 0 Å². The lowest BCUT2D eigenvalue weighted by Crippen LogP contribution is -2.19. The van der Waals surface area contributed by atoms with Crippen LogP contribution in [-0.4, -0.2) is 36.2 Å². The molecule has 10 nitrogen and oxygen atoms in total. The Morgan fingerprint density at radius 2 is 1.96 bits per heavy atom. The fourth-order valence-corrected chi connectivity index (χ4v) is 2.68. The maximum atomic E-state index is 10.6. The van der Waals surface area contributed by atoms with Gasteiger partial charge < -0.3 is 20.6 Å². The molecule has 0 atom stereocenters.